The monoisotopic (exact) mass is 364 g/mol. The predicted octanol–water partition coefficient (Wildman–Crippen LogP) is 0.876. The van der Waals surface area contributed by atoms with Gasteiger partial charge in [0.2, 0.25) is 0 Å². The first-order chi connectivity index (χ1) is 9.10. The van der Waals surface area contributed by atoms with Gasteiger partial charge in [-0.05, 0) is 12.8 Å². The minimum atomic E-state index is 0. The summed E-state index contributed by atoms with van der Waals surface area (Å²) in [7, 11) is 0. The van der Waals surface area contributed by atoms with Crippen LogP contribution < -0.4 is 20.7 Å². The van der Waals surface area contributed by atoms with E-state index in [-0.39, 0.29) is 27.8 Å². The molecule has 2 rings (SSSR count). The number of ether oxygens (including phenoxy) is 1. The van der Waals surface area contributed by atoms with Crippen molar-refractivity contribution in [2.75, 3.05) is 13.2 Å². The second-order valence-electron chi connectivity index (χ2n) is 7.74. The summed E-state index contributed by atoms with van der Waals surface area (Å²) in [5.74, 6) is 0. The van der Waals surface area contributed by atoms with Gasteiger partial charge in [-0.15, -0.1) is 0 Å². The Balaban J connectivity index is 0.000000562. The van der Waals surface area contributed by atoms with Crippen molar-refractivity contribution >= 4 is 25.4 Å². The van der Waals surface area contributed by atoms with Crippen molar-refractivity contribution in [1.29, 1.82) is 0 Å². The zero-order valence-electron chi connectivity index (χ0n) is 14.6. The van der Waals surface area contributed by atoms with E-state index < -0.39 is 0 Å². The van der Waals surface area contributed by atoms with Crippen molar-refractivity contribution in [3.8, 4) is 0 Å². The van der Waals surface area contributed by atoms with E-state index in [4.69, 9.17) is 4.74 Å². The van der Waals surface area contributed by atoms with E-state index in [0.29, 0.717) is 0 Å². The molecule has 0 amide bonds. The van der Waals surface area contributed by atoms with Crippen LogP contribution in [0.1, 0.15) is 65.5 Å². The quantitative estimate of drug-likeness (QED) is 0.620. The average molecular weight is 366 g/mol. The van der Waals surface area contributed by atoms with Gasteiger partial charge in [0.15, 0.2) is 0 Å². The van der Waals surface area contributed by atoms with Gasteiger partial charge in [-0.2, -0.15) is 0 Å². The zero-order chi connectivity index (χ0) is 15.4. The smallest absolute Gasteiger partial charge is 1.00 e. The van der Waals surface area contributed by atoms with Crippen LogP contribution in [-0.2, 0) is 15.6 Å². The first-order valence-corrected chi connectivity index (χ1v) is 8.37. The van der Waals surface area contributed by atoms with E-state index >= 15 is 0 Å². The molecule has 0 bridgehead atoms. The second kappa shape index (κ2) is 8.90. The molecule has 0 spiro atoms. The Hall–Kier alpha value is 0.426. The van der Waals surface area contributed by atoms with Crippen LogP contribution in [-0.4, -0.2) is 34.9 Å². The molecule has 1 fully saturated rings. The van der Waals surface area contributed by atoms with E-state index in [1.807, 2.05) is 21.7 Å². The average Bonchev–Trinajstić information content (AvgIpc) is 2.84. The molecule has 3 heteroatoms. The Morgan fingerprint density at radius 1 is 0.810 bits per heavy atom. The fraction of sp³-hybridized carbons (Fsp3) is 0.667. The van der Waals surface area contributed by atoms with Gasteiger partial charge in [0, 0.05) is 13.2 Å². The molecule has 1 aliphatic heterocycles. The summed E-state index contributed by atoms with van der Waals surface area (Å²) in [5, 5.41) is 0. The summed E-state index contributed by atoms with van der Waals surface area (Å²) in [6.45, 7) is 15.7. The van der Waals surface area contributed by atoms with Gasteiger partial charge in [-0.1, -0.05) is 0 Å². The van der Waals surface area contributed by atoms with Crippen LogP contribution in [0.25, 0.3) is 0 Å². The van der Waals surface area contributed by atoms with Gasteiger partial charge < -0.3 is 21.7 Å². The van der Waals surface area contributed by atoms with Crippen LogP contribution in [0.3, 0.4) is 0 Å². The van der Waals surface area contributed by atoms with Gasteiger partial charge in [0.05, 0.1) is 0 Å². The van der Waals surface area contributed by atoms with Crippen molar-refractivity contribution in [2.24, 2.45) is 0 Å². The Morgan fingerprint density at radius 2 is 1.19 bits per heavy atom. The fourth-order valence-electron chi connectivity index (χ4n) is 2.07. The largest absolute Gasteiger partial charge is 1.00 e. The summed E-state index contributed by atoms with van der Waals surface area (Å²) in [5.41, 5.74) is 3.38. The van der Waals surface area contributed by atoms with Gasteiger partial charge >= 0.3 is 107 Å². The van der Waals surface area contributed by atoms with Crippen molar-refractivity contribution in [1.82, 2.24) is 0 Å². The Bertz CT molecular complexity index is 386. The summed E-state index contributed by atoms with van der Waals surface area (Å²) in [6, 6.07) is 6.98. The first-order valence-electron chi connectivity index (χ1n) is 7.66. The van der Waals surface area contributed by atoms with Gasteiger partial charge in [-0.25, -0.2) is 0 Å². The maximum absolute atomic E-state index is 4.94. The second-order valence-corrected chi connectivity index (χ2v) is 8.55. The molecule has 0 saturated carbocycles. The maximum Gasteiger partial charge on any atom is -1.00 e. The Labute approximate surface area is 154 Å². The van der Waals surface area contributed by atoms with Gasteiger partial charge in [0.25, 0.3) is 0 Å². The van der Waals surface area contributed by atoms with Crippen LogP contribution >= 0.6 is 0 Å². The third kappa shape index (κ3) is 8.01. The van der Waals surface area contributed by atoms with Crippen molar-refractivity contribution in [3.05, 3.63) is 29.3 Å². The molecular weight excluding hydrogens is 336 g/mol. The number of halogens is 1. The normalized spacial score (nSPS) is 15.0. The third-order valence-electron chi connectivity index (χ3n) is 3.55. The molecule has 116 valence electrons. The first kappa shape index (κ1) is 21.4. The van der Waals surface area contributed by atoms with Crippen LogP contribution in [0.4, 0.5) is 0 Å². The van der Waals surface area contributed by atoms with Crippen LogP contribution in [0.15, 0.2) is 18.2 Å². The summed E-state index contributed by atoms with van der Waals surface area (Å²) >= 11 is 1.98. The SMILES string of the molecule is C1CCOC1.CC(C)(C)c1c[c]([Mg+])cc(C(C)(C)C)c1.[Br-]. The fourth-order valence-corrected chi connectivity index (χ4v) is 2.51. The minimum absolute atomic E-state index is 0. The molecular formula is C18H29BrMgO. The van der Waals surface area contributed by atoms with Crippen molar-refractivity contribution in [3.63, 3.8) is 0 Å². The molecule has 1 heterocycles. The van der Waals surface area contributed by atoms with E-state index in [9.17, 15) is 0 Å². The molecule has 0 N–H and O–H groups in total. The van der Waals surface area contributed by atoms with Crippen LogP contribution in [0.2, 0.25) is 0 Å². The van der Waals surface area contributed by atoms with E-state index in [1.54, 1.807) is 0 Å². The summed E-state index contributed by atoms with van der Waals surface area (Å²) in [4.78, 5) is 0. The van der Waals surface area contributed by atoms with Crippen molar-refractivity contribution < 1.29 is 21.7 Å². The molecule has 1 saturated heterocycles. The number of hydrogen-bond acceptors (Lipinski definition) is 1. The summed E-state index contributed by atoms with van der Waals surface area (Å²) in [6.07, 6.45) is 2.56. The van der Waals surface area contributed by atoms with Crippen molar-refractivity contribution in [2.45, 2.75) is 65.2 Å². The Kier molecular flexibility index (Phi) is 9.08. The predicted molar refractivity (Wildman–Crippen MR) is 89.3 cm³/mol. The standard InChI is InChI=1S/C14H21.C4H8O.BrH.Mg/c1-13(2,3)11-8-7-9-12(10-11)14(4,5)6;1-2-4-5-3-1;;/h8-10H,1-6H3;1-4H2;1H;/q;;;+1/p-1. The van der Waals surface area contributed by atoms with E-state index in [2.05, 4.69) is 59.7 Å². The third-order valence-corrected chi connectivity index (χ3v) is 3.96. The number of hydrogen-bond donors (Lipinski definition) is 0. The van der Waals surface area contributed by atoms with Gasteiger partial charge in [-0.3, -0.25) is 0 Å². The molecule has 0 atom stereocenters. The molecule has 0 aliphatic carbocycles. The molecule has 1 aliphatic rings. The number of benzene rings is 1. The Morgan fingerprint density at radius 3 is 1.43 bits per heavy atom. The molecule has 1 nitrogen and oxygen atoms in total. The van der Waals surface area contributed by atoms with Crippen LogP contribution in [0.5, 0.6) is 0 Å². The molecule has 21 heavy (non-hydrogen) atoms. The molecule has 0 radical (unpaired) electrons. The molecule has 1 aromatic rings. The molecule has 0 aromatic heterocycles. The maximum atomic E-state index is 4.94. The topological polar surface area (TPSA) is 9.23 Å². The number of rotatable bonds is 0. The minimum Gasteiger partial charge on any atom is -1.00 e. The molecule has 0 unspecified atom stereocenters. The van der Waals surface area contributed by atoms with Gasteiger partial charge in [0.1, 0.15) is 0 Å². The van der Waals surface area contributed by atoms with E-state index in [0.717, 1.165) is 13.2 Å². The van der Waals surface area contributed by atoms with E-state index in [1.165, 1.54) is 27.7 Å². The summed E-state index contributed by atoms with van der Waals surface area (Å²) < 4.78 is 6.34. The zero-order valence-corrected chi connectivity index (χ0v) is 17.6. The molecule has 1 aromatic carbocycles. The van der Waals surface area contributed by atoms with Crippen LogP contribution in [0, 0.1) is 0 Å².